The van der Waals surface area contributed by atoms with Gasteiger partial charge in [-0.1, -0.05) is 42.0 Å². The lowest BCUT2D eigenvalue weighted by atomic mass is 10.1. The van der Waals surface area contributed by atoms with Crippen LogP contribution in [0.5, 0.6) is 0 Å². The summed E-state index contributed by atoms with van der Waals surface area (Å²) < 4.78 is 0. The Morgan fingerprint density at radius 2 is 1.65 bits per heavy atom. The van der Waals surface area contributed by atoms with E-state index < -0.39 is 0 Å². The van der Waals surface area contributed by atoms with Gasteiger partial charge in [-0.05, 0) is 44.0 Å². The normalized spacial score (nSPS) is 12.8. The van der Waals surface area contributed by atoms with Crippen LogP contribution in [-0.2, 0) is 4.79 Å². The monoisotopic (exact) mass is 353 g/mol. The van der Waals surface area contributed by atoms with Crippen LogP contribution >= 0.6 is 0 Å². The Kier molecular flexibility index (Phi) is 6.39. The van der Waals surface area contributed by atoms with Crippen molar-refractivity contribution < 1.29 is 9.59 Å². The zero-order chi connectivity index (χ0) is 19.3. The van der Waals surface area contributed by atoms with Crippen molar-refractivity contribution in [2.24, 2.45) is 0 Å². The lowest BCUT2D eigenvalue weighted by Gasteiger charge is -2.27. The number of carbonyl (C=O) groups excluding carboxylic acids is 2. The highest BCUT2D eigenvalue weighted by atomic mass is 16.2. The van der Waals surface area contributed by atoms with E-state index >= 15 is 0 Å². The second-order valence-electron chi connectivity index (χ2n) is 6.68. The van der Waals surface area contributed by atoms with Gasteiger partial charge in [0.15, 0.2) is 0 Å². The third-order valence-corrected chi connectivity index (χ3v) is 4.51. The number of amides is 3. The van der Waals surface area contributed by atoms with E-state index in [0.29, 0.717) is 0 Å². The predicted molar refractivity (Wildman–Crippen MR) is 105 cm³/mol. The first-order valence-electron chi connectivity index (χ1n) is 8.75. The zero-order valence-corrected chi connectivity index (χ0v) is 16.0. The van der Waals surface area contributed by atoms with Crippen LogP contribution in [0.3, 0.4) is 0 Å². The molecule has 2 rings (SSSR count). The molecular weight excluding hydrogens is 326 g/mol. The largest absolute Gasteiger partial charge is 0.331 e. The maximum Gasteiger partial charge on any atom is 0.318 e. The third kappa shape index (κ3) is 5.09. The molecule has 0 fully saturated rings. The molecule has 0 saturated heterocycles. The van der Waals surface area contributed by atoms with Crippen LogP contribution in [0.25, 0.3) is 0 Å². The quantitative estimate of drug-likeness (QED) is 0.836. The van der Waals surface area contributed by atoms with Gasteiger partial charge in [0.05, 0.1) is 12.1 Å². The van der Waals surface area contributed by atoms with Crippen LogP contribution in [-0.4, -0.2) is 23.9 Å². The fourth-order valence-corrected chi connectivity index (χ4v) is 2.70. The first kappa shape index (κ1) is 19.5. The summed E-state index contributed by atoms with van der Waals surface area (Å²) in [5.74, 6) is -0.120. The summed E-state index contributed by atoms with van der Waals surface area (Å²) in [7, 11) is 1.79. The molecule has 2 aromatic carbocycles. The summed E-state index contributed by atoms with van der Waals surface area (Å²) in [5, 5.41) is 5.77. The van der Waals surface area contributed by atoms with Gasteiger partial charge in [0.1, 0.15) is 0 Å². The van der Waals surface area contributed by atoms with Crippen molar-refractivity contribution in [2.75, 3.05) is 12.4 Å². The SMILES string of the molecule is CC(=O)Nc1cccc(C(C)NC(=O)N(C)C(C)c2ccc(C)cc2)c1. The number of hydrogen-bond donors (Lipinski definition) is 2. The number of hydrogen-bond acceptors (Lipinski definition) is 2. The Hall–Kier alpha value is -2.82. The van der Waals surface area contributed by atoms with Crippen molar-refractivity contribution in [1.29, 1.82) is 0 Å². The first-order valence-corrected chi connectivity index (χ1v) is 8.75. The molecule has 2 atom stereocenters. The molecule has 0 bridgehead atoms. The Morgan fingerprint density at radius 1 is 1.00 bits per heavy atom. The summed E-state index contributed by atoms with van der Waals surface area (Å²) in [6.07, 6.45) is 0. The van der Waals surface area contributed by atoms with Crippen molar-refractivity contribution in [3.8, 4) is 0 Å². The van der Waals surface area contributed by atoms with E-state index in [1.54, 1.807) is 11.9 Å². The average molecular weight is 353 g/mol. The molecule has 0 spiro atoms. The van der Waals surface area contributed by atoms with E-state index in [0.717, 1.165) is 16.8 Å². The fraction of sp³-hybridized carbons (Fsp3) is 0.333. The number of nitrogens with one attached hydrogen (secondary N) is 2. The minimum Gasteiger partial charge on any atom is -0.331 e. The number of rotatable bonds is 5. The van der Waals surface area contributed by atoms with Gasteiger partial charge in [-0.25, -0.2) is 4.79 Å². The van der Waals surface area contributed by atoms with Gasteiger partial charge in [-0.2, -0.15) is 0 Å². The topological polar surface area (TPSA) is 61.4 Å². The van der Waals surface area contributed by atoms with Crippen molar-refractivity contribution in [3.63, 3.8) is 0 Å². The van der Waals surface area contributed by atoms with Crippen LogP contribution in [0.4, 0.5) is 10.5 Å². The van der Waals surface area contributed by atoms with Gasteiger partial charge >= 0.3 is 6.03 Å². The highest BCUT2D eigenvalue weighted by Crippen LogP contribution is 2.21. The highest BCUT2D eigenvalue weighted by molar-refractivity contribution is 5.88. The molecule has 26 heavy (non-hydrogen) atoms. The van der Waals surface area contributed by atoms with E-state index in [1.165, 1.54) is 12.5 Å². The van der Waals surface area contributed by atoms with Crippen LogP contribution in [0.1, 0.15) is 49.5 Å². The average Bonchev–Trinajstić information content (AvgIpc) is 2.60. The summed E-state index contributed by atoms with van der Waals surface area (Å²) in [5.41, 5.74) is 3.94. The molecule has 0 aliphatic rings. The molecular formula is C21H27N3O2. The second kappa shape index (κ2) is 8.52. The molecule has 0 aliphatic heterocycles. The molecule has 5 nitrogen and oxygen atoms in total. The number of aryl methyl sites for hydroxylation is 1. The maximum absolute atomic E-state index is 12.6. The Balaban J connectivity index is 2.03. The number of nitrogens with zero attached hydrogens (tertiary/aromatic N) is 1. The van der Waals surface area contributed by atoms with Crippen molar-refractivity contribution in [2.45, 2.75) is 39.8 Å². The standard InChI is InChI=1S/C21H27N3O2/c1-14-9-11-18(12-10-14)16(3)24(5)21(26)22-15(2)19-7-6-8-20(13-19)23-17(4)25/h6-13,15-16H,1-5H3,(H,22,26)(H,23,25). The molecule has 0 aliphatic carbocycles. The second-order valence-corrected chi connectivity index (χ2v) is 6.68. The van der Waals surface area contributed by atoms with Crippen molar-refractivity contribution in [3.05, 3.63) is 65.2 Å². The van der Waals surface area contributed by atoms with Gasteiger partial charge in [0.2, 0.25) is 5.91 Å². The minimum atomic E-state index is -0.177. The predicted octanol–water partition coefficient (Wildman–Crippen LogP) is 4.42. The number of anilines is 1. The molecule has 2 unspecified atom stereocenters. The highest BCUT2D eigenvalue weighted by Gasteiger charge is 2.19. The van der Waals surface area contributed by atoms with E-state index in [1.807, 2.05) is 69.3 Å². The van der Waals surface area contributed by atoms with Crippen LogP contribution < -0.4 is 10.6 Å². The summed E-state index contributed by atoms with van der Waals surface area (Å²) >= 11 is 0. The molecule has 0 aromatic heterocycles. The van der Waals surface area contributed by atoms with Crippen LogP contribution in [0.2, 0.25) is 0 Å². The van der Waals surface area contributed by atoms with E-state index in [2.05, 4.69) is 10.6 Å². The molecule has 138 valence electrons. The molecule has 2 N–H and O–H groups in total. The van der Waals surface area contributed by atoms with E-state index in [9.17, 15) is 9.59 Å². The van der Waals surface area contributed by atoms with Crippen LogP contribution in [0.15, 0.2) is 48.5 Å². The molecule has 2 aromatic rings. The van der Waals surface area contributed by atoms with Gasteiger partial charge in [-0.15, -0.1) is 0 Å². The first-order chi connectivity index (χ1) is 12.3. The zero-order valence-electron chi connectivity index (χ0n) is 16.0. The van der Waals surface area contributed by atoms with Gasteiger partial charge in [0, 0.05) is 19.7 Å². The lowest BCUT2D eigenvalue weighted by molar-refractivity contribution is -0.114. The molecule has 0 heterocycles. The van der Waals surface area contributed by atoms with Crippen molar-refractivity contribution in [1.82, 2.24) is 10.2 Å². The molecule has 5 heteroatoms. The maximum atomic E-state index is 12.6. The number of urea groups is 1. The summed E-state index contributed by atoms with van der Waals surface area (Å²) in [4.78, 5) is 25.5. The molecule has 0 radical (unpaired) electrons. The van der Waals surface area contributed by atoms with E-state index in [-0.39, 0.29) is 24.0 Å². The van der Waals surface area contributed by atoms with Crippen LogP contribution in [0, 0.1) is 6.92 Å². The van der Waals surface area contributed by atoms with E-state index in [4.69, 9.17) is 0 Å². The third-order valence-electron chi connectivity index (χ3n) is 4.51. The number of carbonyl (C=O) groups is 2. The van der Waals surface area contributed by atoms with Gasteiger partial charge in [0.25, 0.3) is 0 Å². The fourth-order valence-electron chi connectivity index (χ4n) is 2.70. The Morgan fingerprint density at radius 3 is 2.27 bits per heavy atom. The summed E-state index contributed by atoms with van der Waals surface area (Å²) in [6.45, 7) is 7.45. The van der Waals surface area contributed by atoms with Crippen molar-refractivity contribution >= 4 is 17.6 Å². The van der Waals surface area contributed by atoms with Gasteiger partial charge in [-0.3, -0.25) is 4.79 Å². The summed E-state index contributed by atoms with van der Waals surface area (Å²) in [6, 6.07) is 15.3. The number of benzene rings is 2. The lowest BCUT2D eigenvalue weighted by Crippen LogP contribution is -2.39. The Bertz CT molecular complexity index is 771. The smallest absolute Gasteiger partial charge is 0.318 e. The minimum absolute atomic E-state index is 0.0338. The Labute approximate surface area is 155 Å². The molecule has 3 amide bonds. The molecule has 0 saturated carbocycles. The van der Waals surface area contributed by atoms with Gasteiger partial charge < -0.3 is 15.5 Å².